The third kappa shape index (κ3) is 2.20. The second-order valence-electron chi connectivity index (χ2n) is 6.31. The molecule has 1 aliphatic heterocycles. The number of aromatic nitrogens is 3. The first-order valence-corrected chi connectivity index (χ1v) is 7.74. The van der Waals surface area contributed by atoms with Gasteiger partial charge in [-0.1, -0.05) is 6.42 Å². The van der Waals surface area contributed by atoms with Gasteiger partial charge in [-0.3, -0.25) is 0 Å². The zero-order chi connectivity index (χ0) is 14.4. The summed E-state index contributed by atoms with van der Waals surface area (Å²) in [7, 11) is 0. The molecule has 5 nitrogen and oxygen atoms in total. The number of furan rings is 1. The minimum atomic E-state index is 0.605. The summed E-state index contributed by atoms with van der Waals surface area (Å²) in [4.78, 5) is 7.11. The van der Waals surface area contributed by atoms with E-state index in [-0.39, 0.29) is 0 Å². The number of rotatable bonds is 2. The highest BCUT2D eigenvalue weighted by Crippen LogP contribution is 2.37. The molecular formula is C16H20N4O. The highest BCUT2D eigenvalue weighted by molar-refractivity contribution is 5.62. The largest absolute Gasteiger partial charge is 0.466 e. The van der Waals surface area contributed by atoms with Crippen LogP contribution in [0.5, 0.6) is 0 Å². The van der Waals surface area contributed by atoms with E-state index < -0.39 is 0 Å². The summed E-state index contributed by atoms with van der Waals surface area (Å²) in [5.41, 5.74) is 1.88. The zero-order valence-corrected chi connectivity index (χ0v) is 12.5. The third-order valence-electron chi connectivity index (χ3n) is 4.77. The van der Waals surface area contributed by atoms with E-state index >= 15 is 0 Å². The highest BCUT2D eigenvalue weighted by atomic mass is 16.3. The van der Waals surface area contributed by atoms with Crippen LogP contribution in [0.25, 0.3) is 11.3 Å². The Bertz CT molecular complexity index is 666. The molecule has 2 aromatic rings. The van der Waals surface area contributed by atoms with Gasteiger partial charge < -0.3 is 9.32 Å². The van der Waals surface area contributed by atoms with Gasteiger partial charge in [-0.15, -0.1) is 5.10 Å². The fourth-order valence-electron chi connectivity index (χ4n) is 3.81. The molecule has 1 aliphatic carbocycles. The van der Waals surface area contributed by atoms with Crippen LogP contribution in [-0.2, 0) is 0 Å². The Kier molecular flexibility index (Phi) is 2.94. The van der Waals surface area contributed by atoms with Gasteiger partial charge in [-0.2, -0.15) is 5.10 Å². The molecule has 0 aromatic carbocycles. The summed E-state index contributed by atoms with van der Waals surface area (Å²) in [5.74, 6) is 3.38. The molecule has 0 spiro atoms. The summed E-state index contributed by atoms with van der Waals surface area (Å²) < 4.78 is 5.60. The van der Waals surface area contributed by atoms with Gasteiger partial charge in [0.05, 0.1) is 11.9 Å². The summed E-state index contributed by atoms with van der Waals surface area (Å²) in [6.45, 7) is 5.00. The van der Waals surface area contributed by atoms with E-state index in [0.717, 1.165) is 41.2 Å². The van der Waals surface area contributed by atoms with E-state index in [1.165, 1.54) is 25.7 Å². The summed E-state index contributed by atoms with van der Waals surface area (Å²) >= 11 is 0. The molecule has 110 valence electrons. The monoisotopic (exact) mass is 284 g/mol. The number of hydrogen-bond donors (Lipinski definition) is 0. The zero-order valence-electron chi connectivity index (χ0n) is 12.5. The van der Waals surface area contributed by atoms with Crippen molar-refractivity contribution in [2.24, 2.45) is 5.92 Å². The van der Waals surface area contributed by atoms with E-state index in [1.54, 1.807) is 6.20 Å². The molecule has 0 unspecified atom stereocenters. The molecule has 21 heavy (non-hydrogen) atoms. The van der Waals surface area contributed by atoms with Crippen LogP contribution in [0.1, 0.15) is 37.2 Å². The third-order valence-corrected chi connectivity index (χ3v) is 4.77. The summed E-state index contributed by atoms with van der Waals surface area (Å²) in [6, 6.07) is 2.62. The Morgan fingerprint density at radius 3 is 2.95 bits per heavy atom. The fourth-order valence-corrected chi connectivity index (χ4v) is 3.81. The van der Waals surface area contributed by atoms with Crippen LogP contribution in [0.15, 0.2) is 16.7 Å². The first-order valence-electron chi connectivity index (χ1n) is 7.74. The van der Waals surface area contributed by atoms with Gasteiger partial charge >= 0.3 is 0 Å². The molecule has 1 saturated carbocycles. The van der Waals surface area contributed by atoms with E-state index in [0.29, 0.717) is 6.04 Å². The number of aryl methyl sites for hydroxylation is 2. The smallest absolute Gasteiger partial charge is 0.246 e. The Labute approximate surface area is 124 Å². The Balaban J connectivity index is 1.68. The molecule has 5 heteroatoms. The number of fused-ring (bicyclic) bond motifs is 2. The normalized spacial score (nSPS) is 24.6. The first-order chi connectivity index (χ1) is 10.2. The number of hydrogen-bond acceptors (Lipinski definition) is 5. The van der Waals surface area contributed by atoms with Crippen molar-refractivity contribution in [3.05, 3.63) is 23.8 Å². The maximum Gasteiger partial charge on any atom is 0.246 e. The fraction of sp³-hybridized carbons (Fsp3) is 0.562. The average Bonchev–Trinajstić information content (AvgIpc) is 2.98. The Morgan fingerprint density at radius 1 is 1.29 bits per heavy atom. The van der Waals surface area contributed by atoms with Gasteiger partial charge in [0.1, 0.15) is 11.5 Å². The maximum absolute atomic E-state index is 5.60. The van der Waals surface area contributed by atoms with E-state index in [4.69, 9.17) is 9.40 Å². The van der Waals surface area contributed by atoms with Crippen molar-refractivity contribution >= 4 is 5.95 Å². The first kappa shape index (κ1) is 12.8. The van der Waals surface area contributed by atoms with Gasteiger partial charge in [0.2, 0.25) is 5.95 Å². The van der Waals surface area contributed by atoms with Gasteiger partial charge in [0.25, 0.3) is 0 Å². The van der Waals surface area contributed by atoms with Crippen LogP contribution < -0.4 is 4.90 Å². The van der Waals surface area contributed by atoms with E-state index in [9.17, 15) is 0 Å². The molecule has 0 N–H and O–H groups in total. The van der Waals surface area contributed by atoms with E-state index in [2.05, 4.69) is 15.1 Å². The van der Waals surface area contributed by atoms with Crippen molar-refractivity contribution in [2.45, 2.75) is 45.6 Å². The van der Waals surface area contributed by atoms with Crippen LogP contribution in [0.4, 0.5) is 5.95 Å². The van der Waals surface area contributed by atoms with Crippen molar-refractivity contribution in [1.82, 2.24) is 15.2 Å². The molecule has 3 heterocycles. The summed E-state index contributed by atoms with van der Waals surface area (Å²) in [5, 5.41) is 8.45. The van der Waals surface area contributed by atoms with Crippen molar-refractivity contribution < 1.29 is 4.42 Å². The van der Waals surface area contributed by atoms with Crippen molar-refractivity contribution in [2.75, 3.05) is 11.4 Å². The molecule has 2 bridgehead atoms. The topological polar surface area (TPSA) is 55.1 Å². The van der Waals surface area contributed by atoms with Crippen LogP contribution in [-0.4, -0.2) is 27.8 Å². The molecule has 0 amide bonds. The van der Waals surface area contributed by atoms with Gasteiger partial charge in [-0.25, -0.2) is 4.98 Å². The van der Waals surface area contributed by atoms with Crippen LogP contribution >= 0.6 is 0 Å². The highest BCUT2D eigenvalue weighted by Gasteiger charge is 2.36. The molecule has 1 saturated heterocycles. The van der Waals surface area contributed by atoms with Gasteiger partial charge in [0.15, 0.2) is 0 Å². The van der Waals surface area contributed by atoms with Gasteiger partial charge in [-0.05, 0) is 45.1 Å². The lowest BCUT2D eigenvalue weighted by Gasteiger charge is -2.24. The van der Waals surface area contributed by atoms with Crippen LogP contribution in [0, 0.1) is 19.8 Å². The molecule has 2 atom stereocenters. The van der Waals surface area contributed by atoms with Crippen molar-refractivity contribution in [3.63, 3.8) is 0 Å². The predicted molar refractivity (Wildman–Crippen MR) is 80.1 cm³/mol. The number of nitrogens with zero attached hydrogens (tertiary/aromatic N) is 4. The van der Waals surface area contributed by atoms with Crippen molar-refractivity contribution in [1.29, 1.82) is 0 Å². The Hall–Kier alpha value is -1.91. The lowest BCUT2D eigenvalue weighted by Crippen LogP contribution is -2.30. The lowest BCUT2D eigenvalue weighted by atomic mass is 9.91. The lowest BCUT2D eigenvalue weighted by molar-refractivity contribution is 0.414. The maximum atomic E-state index is 5.60. The standard InChI is InChI=1S/C16H20N4O/c1-10-6-14(11(2)21-10)15-8-17-19-16(18-15)20-9-12-4-3-5-13(20)7-12/h6,8,12-13H,3-5,7,9H2,1-2H3/t12-,13+/m1/s1. The average molecular weight is 284 g/mol. The Morgan fingerprint density at radius 2 is 2.19 bits per heavy atom. The summed E-state index contributed by atoms with van der Waals surface area (Å²) in [6.07, 6.45) is 6.95. The molecule has 2 fully saturated rings. The molecule has 0 radical (unpaired) electrons. The van der Waals surface area contributed by atoms with Crippen molar-refractivity contribution in [3.8, 4) is 11.3 Å². The molecule has 2 aliphatic rings. The van der Waals surface area contributed by atoms with E-state index in [1.807, 2.05) is 19.9 Å². The molecular weight excluding hydrogens is 264 g/mol. The minimum Gasteiger partial charge on any atom is -0.466 e. The molecule has 4 rings (SSSR count). The number of anilines is 1. The van der Waals surface area contributed by atoms with Crippen LogP contribution in [0.2, 0.25) is 0 Å². The SMILES string of the molecule is Cc1cc(-c2cnnc(N3C[C@@H]4CCC[C@H]3C4)n2)c(C)o1. The quantitative estimate of drug-likeness (QED) is 0.848. The van der Waals surface area contributed by atoms with Crippen LogP contribution in [0.3, 0.4) is 0 Å². The predicted octanol–water partition coefficient (Wildman–Crippen LogP) is 3.13. The second-order valence-corrected chi connectivity index (χ2v) is 6.31. The van der Waals surface area contributed by atoms with Gasteiger partial charge in [0, 0.05) is 18.2 Å². The molecule has 2 aromatic heterocycles. The minimum absolute atomic E-state index is 0.605. The second kappa shape index (κ2) is 4.83.